The Morgan fingerprint density at radius 1 is 0.684 bits per heavy atom. The Bertz CT molecular complexity index is 186. The molecule has 1 N–H and O–H groups in total. The molecule has 2 nitrogen and oxygen atoms in total. The van der Waals surface area contributed by atoms with Crippen LogP contribution in [0.4, 0.5) is 0 Å². The highest BCUT2D eigenvalue weighted by Crippen LogP contribution is 2.11. The van der Waals surface area contributed by atoms with Gasteiger partial charge in [0, 0.05) is 5.33 Å². The van der Waals surface area contributed by atoms with Gasteiger partial charge in [-0.1, -0.05) is 60.9 Å². The van der Waals surface area contributed by atoms with Crippen LogP contribution in [-0.2, 0) is 0 Å². The summed E-state index contributed by atoms with van der Waals surface area (Å²) in [5.74, 6) is 0. The minimum absolute atomic E-state index is 0.308. The molecule has 0 bridgehead atoms. The molecule has 0 saturated carbocycles. The monoisotopic (exact) mass is 336 g/mol. The molecular weight excluding hydrogens is 302 g/mol. The van der Waals surface area contributed by atoms with Crippen molar-refractivity contribution in [2.24, 2.45) is 0 Å². The Morgan fingerprint density at radius 2 is 1.11 bits per heavy atom. The van der Waals surface area contributed by atoms with Crippen LogP contribution in [0.1, 0.15) is 64.2 Å². The first kappa shape index (κ1) is 19.4. The lowest BCUT2D eigenvalue weighted by Gasteiger charge is -2.28. The van der Waals surface area contributed by atoms with Gasteiger partial charge in [0.25, 0.3) is 0 Å². The van der Waals surface area contributed by atoms with Gasteiger partial charge >= 0.3 is 0 Å². The van der Waals surface area contributed by atoms with E-state index in [9.17, 15) is 0 Å². The molecule has 0 aliphatic heterocycles. The van der Waals surface area contributed by atoms with Gasteiger partial charge in [-0.25, -0.2) is 0 Å². The summed E-state index contributed by atoms with van der Waals surface area (Å²) in [7, 11) is 4.42. The number of aliphatic hydroxyl groups excluding tert-OH is 1. The number of nitrogens with zero attached hydrogens (tertiary/aromatic N) is 1. The summed E-state index contributed by atoms with van der Waals surface area (Å²) < 4.78 is 0.962. The van der Waals surface area contributed by atoms with E-state index in [-0.39, 0.29) is 0 Å². The van der Waals surface area contributed by atoms with Crippen LogP contribution in [0.2, 0.25) is 0 Å². The molecule has 0 heterocycles. The van der Waals surface area contributed by atoms with Crippen molar-refractivity contribution in [2.45, 2.75) is 64.2 Å². The quantitative estimate of drug-likeness (QED) is 0.284. The zero-order valence-corrected chi connectivity index (χ0v) is 14.8. The van der Waals surface area contributed by atoms with Crippen LogP contribution in [0, 0.1) is 0 Å². The maximum Gasteiger partial charge on any atom is 0.102 e. The molecule has 0 aliphatic rings. The Balaban J connectivity index is 3.14. The first-order chi connectivity index (χ1) is 9.12. The van der Waals surface area contributed by atoms with E-state index in [1.165, 1.54) is 70.8 Å². The number of rotatable bonds is 14. The Hall–Kier alpha value is 0.400. The van der Waals surface area contributed by atoms with Crippen molar-refractivity contribution in [2.75, 3.05) is 39.1 Å². The van der Waals surface area contributed by atoms with E-state index in [0.717, 1.165) is 16.4 Å². The van der Waals surface area contributed by atoms with E-state index >= 15 is 0 Å². The van der Waals surface area contributed by atoms with Gasteiger partial charge in [0.05, 0.1) is 27.2 Å². The zero-order chi connectivity index (χ0) is 14.4. The number of hydrogen-bond acceptors (Lipinski definition) is 1. The molecule has 3 heteroatoms. The van der Waals surface area contributed by atoms with Gasteiger partial charge in [0.1, 0.15) is 6.54 Å². The maximum atomic E-state index is 8.96. The maximum absolute atomic E-state index is 8.96. The van der Waals surface area contributed by atoms with Crippen molar-refractivity contribution in [1.29, 1.82) is 0 Å². The normalized spacial score (nSPS) is 12.0. The van der Waals surface area contributed by atoms with Crippen LogP contribution in [0.5, 0.6) is 0 Å². The van der Waals surface area contributed by atoms with Crippen LogP contribution in [-0.4, -0.2) is 48.7 Å². The fourth-order valence-corrected chi connectivity index (χ4v) is 2.83. The van der Waals surface area contributed by atoms with Gasteiger partial charge in [-0.3, -0.25) is 0 Å². The molecule has 116 valence electrons. The van der Waals surface area contributed by atoms with Gasteiger partial charge in [0.2, 0.25) is 0 Å². The number of aliphatic hydroxyl groups is 1. The summed E-state index contributed by atoms with van der Waals surface area (Å²) in [5, 5.41) is 10.1. The van der Waals surface area contributed by atoms with Crippen molar-refractivity contribution < 1.29 is 9.59 Å². The Kier molecular flexibility index (Phi) is 13.7. The van der Waals surface area contributed by atoms with Crippen LogP contribution < -0.4 is 0 Å². The van der Waals surface area contributed by atoms with Crippen LogP contribution in [0.3, 0.4) is 0 Å². The average molecular weight is 337 g/mol. The van der Waals surface area contributed by atoms with Gasteiger partial charge in [-0.15, -0.1) is 0 Å². The molecule has 0 aliphatic carbocycles. The highest BCUT2D eigenvalue weighted by atomic mass is 79.9. The fraction of sp³-hybridized carbons (Fsp3) is 1.00. The summed E-state index contributed by atoms with van der Waals surface area (Å²) >= 11 is 3.48. The summed E-state index contributed by atoms with van der Waals surface area (Å²) in [5.41, 5.74) is 0. The molecule has 19 heavy (non-hydrogen) atoms. The zero-order valence-electron chi connectivity index (χ0n) is 13.2. The number of quaternary nitrogens is 1. The summed E-state index contributed by atoms with van der Waals surface area (Å²) in [6.07, 6.45) is 13.9. The molecule has 0 rings (SSSR count). The summed E-state index contributed by atoms with van der Waals surface area (Å²) in [6.45, 7) is 2.39. The average Bonchev–Trinajstić information content (AvgIpc) is 2.36. The van der Waals surface area contributed by atoms with Crippen molar-refractivity contribution in [1.82, 2.24) is 0 Å². The molecule has 0 radical (unpaired) electrons. The minimum atomic E-state index is 0.308. The standard InChI is InChI=1S/C16H35BrNO/c1-18(2,15-16-19)14-12-10-8-6-4-3-5-7-9-11-13-17/h19H,3-16H2,1-2H3/q+1. The molecular formula is C16H35BrNO+. The van der Waals surface area contributed by atoms with Crippen molar-refractivity contribution in [3.05, 3.63) is 0 Å². The summed E-state index contributed by atoms with van der Waals surface area (Å²) in [6, 6.07) is 0. The second kappa shape index (κ2) is 13.4. The van der Waals surface area contributed by atoms with Gasteiger partial charge < -0.3 is 9.59 Å². The van der Waals surface area contributed by atoms with Crippen LogP contribution in [0.15, 0.2) is 0 Å². The number of halogens is 1. The molecule has 0 aromatic rings. The molecule has 0 atom stereocenters. The van der Waals surface area contributed by atoms with E-state index in [1.807, 2.05) is 0 Å². The first-order valence-electron chi connectivity index (χ1n) is 8.11. The van der Waals surface area contributed by atoms with Gasteiger partial charge in [0.15, 0.2) is 0 Å². The van der Waals surface area contributed by atoms with E-state index in [0.29, 0.717) is 6.61 Å². The van der Waals surface area contributed by atoms with Crippen LogP contribution >= 0.6 is 15.9 Å². The molecule has 0 aromatic carbocycles. The lowest BCUT2D eigenvalue weighted by molar-refractivity contribution is -0.890. The van der Waals surface area contributed by atoms with Crippen molar-refractivity contribution in [3.63, 3.8) is 0 Å². The molecule has 0 amide bonds. The highest BCUT2D eigenvalue weighted by molar-refractivity contribution is 9.09. The molecule has 0 spiro atoms. The van der Waals surface area contributed by atoms with E-state index in [1.54, 1.807) is 0 Å². The fourth-order valence-electron chi connectivity index (χ4n) is 2.43. The molecule has 0 unspecified atom stereocenters. The second-order valence-corrected chi connectivity index (χ2v) is 7.12. The third kappa shape index (κ3) is 14.6. The third-order valence-electron chi connectivity index (χ3n) is 3.85. The first-order valence-corrected chi connectivity index (χ1v) is 9.23. The van der Waals surface area contributed by atoms with Crippen molar-refractivity contribution in [3.8, 4) is 0 Å². The lowest BCUT2D eigenvalue weighted by Crippen LogP contribution is -2.42. The van der Waals surface area contributed by atoms with Gasteiger partial charge in [-0.05, 0) is 19.3 Å². The topological polar surface area (TPSA) is 20.2 Å². The predicted molar refractivity (Wildman–Crippen MR) is 88.9 cm³/mol. The second-order valence-electron chi connectivity index (χ2n) is 6.33. The van der Waals surface area contributed by atoms with Crippen molar-refractivity contribution >= 4 is 15.9 Å². The number of alkyl halides is 1. The third-order valence-corrected chi connectivity index (χ3v) is 4.41. The summed E-state index contributed by atoms with van der Waals surface area (Å²) in [4.78, 5) is 0. The molecule has 0 fully saturated rings. The number of likely N-dealkylation sites (N-methyl/N-ethyl adjacent to an activating group) is 1. The van der Waals surface area contributed by atoms with Gasteiger partial charge in [-0.2, -0.15) is 0 Å². The SMILES string of the molecule is C[N+](C)(CCO)CCCCCCCCCCCCBr. The molecule has 0 saturated heterocycles. The smallest absolute Gasteiger partial charge is 0.102 e. The lowest BCUT2D eigenvalue weighted by atomic mass is 10.1. The Morgan fingerprint density at radius 3 is 1.53 bits per heavy atom. The Labute approximate surface area is 129 Å². The largest absolute Gasteiger partial charge is 0.391 e. The minimum Gasteiger partial charge on any atom is -0.391 e. The highest BCUT2D eigenvalue weighted by Gasteiger charge is 2.12. The predicted octanol–water partition coefficient (Wildman–Crippen LogP) is 4.35. The van der Waals surface area contributed by atoms with E-state index < -0.39 is 0 Å². The van der Waals surface area contributed by atoms with Crippen LogP contribution in [0.25, 0.3) is 0 Å². The molecule has 0 aromatic heterocycles. The van der Waals surface area contributed by atoms with E-state index in [2.05, 4.69) is 30.0 Å². The van der Waals surface area contributed by atoms with E-state index in [4.69, 9.17) is 5.11 Å². The number of hydrogen-bond donors (Lipinski definition) is 1. The number of unbranched alkanes of at least 4 members (excludes halogenated alkanes) is 9.